The van der Waals surface area contributed by atoms with Gasteiger partial charge in [0.2, 0.25) is 0 Å². The zero-order chi connectivity index (χ0) is 19.7. The normalized spacial score (nSPS) is 11.1. The minimum Gasteiger partial charge on any atom is -0.339 e. The Morgan fingerprint density at radius 1 is 1.11 bits per heavy atom. The Labute approximate surface area is 166 Å². The number of nitrogens with one attached hydrogen (secondary N) is 1. The Morgan fingerprint density at radius 2 is 1.89 bits per heavy atom. The van der Waals surface area contributed by atoms with Gasteiger partial charge in [0, 0.05) is 28.8 Å². The van der Waals surface area contributed by atoms with Crippen molar-refractivity contribution >= 4 is 38.7 Å². The largest absolute Gasteiger partial charge is 0.339 e. The van der Waals surface area contributed by atoms with Crippen LogP contribution in [0.4, 0.5) is 17.2 Å². The first-order valence-electron chi connectivity index (χ1n) is 8.87. The number of hydrogen-bond acceptors (Lipinski definition) is 6. The van der Waals surface area contributed by atoms with E-state index in [1.807, 2.05) is 0 Å². The van der Waals surface area contributed by atoms with Crippen molar-refractivity contribution in [2.45, 2.75) is 19.8 Å². The Morgan fingerprint density at radius 3 is 2.61 bits per heavy atom. The molecule has 0 saturated heterocycles. The number of rotatable bonds is 5. The molecule has 0 aliphatic carbocycles. The molecule has 4 rings (SSSR count). The van der Waals surface area contributed by atoms with E-state index in [9.17, 15) is 10.1 Å². The van der Waals surface area contributed by atoms with Gasteiger partial charge in [0.25, 0.3) is 5.69 Å². The highest BCUT2D eigenvalue weighted by Crippen LogP contribution is 2.38. The van der Waals surface area contributed by atoms with Crippen LogP contribution in [0.5, 0.6) is 0 Å². The lowest BCUT2D eigenvalue weighted by molar-refractivity contribution is -0.384. The van der Waals surface area contributed by atoms with Gasteiger partial charge in [-0.15, -0.1) is 11.3 Å². The van der Waals surface area contributed by atoms with Gasteiger partial charge in [0.15, 0.2) is 0 Å². The zero-order valence-corrected chi connectivity index (χ0v) is 16.2. The number of nitro benzene ring substituents is 1. The molecule has 0 unspecified atom stereocenters. The summed E-state index contributed by atoms with van der Waals surface area (Å²) >= 11 is 1.55. The van der Waals surface area contributed by atoms with Crippen LogP contribution in [0.1, 0.15) is 25.3 Å². The lowest BCUT2D eigenvalue weighted by Crippen LogP contribution is -1.97. The molecule has 7 heteroatoms. The fourth-order valence-corrected chi connectivity index (χ4v) is 3.98. The van der Waals surface area contributed by atoms with Gasteiger partial charge in [0.1, 0.15) is 17.0 Å². The smallest absolute Gasteiger partial charge is 0.271 e. The van der Waals surface area contributed by atoms with E-state index in [0.717, 1.165) is 21.3 Å². The third-order valence-electron chi connectivity index (χ3n) is 4.58. The highest BCUT2D eigenvalue weighted by atomic mass is 32.1. The summed E-state index contributed by atoms with van der Waals surface area (Å²) in [6.45, 7) is 4.34. The maximum atomic E-state index is 11.0. The maximum Gasteiger partial charge on any atom is 0.271 e. The van der Waals surface area contributed by atoms with E-state index in [4.69, 9.17) is 0 Å². The second kappa shape index (κ2) is 7.36. The van der Waals surface area contributed by atoms with Gasteiger partial charge in [0.05, 0.1) is 10.3 Å². The van der Waals surface area contributed by atoms with Gasteiger partial charge < -0.3 is 5.32 Å². The molecule has 0 radical (unpaired) electrons. The lowest BCUT2D eigenvalue weighted by Gasteiger charge is -2.09. The number of fused-ring (bicyclic) bond motifs is 1. The van der Waals surface area contributed by atoms with E-state index in [-0.39, 0.29) is 5.69 Å². The first-order valence-corrected chi connectivity index (χ1v) is 9.75. The predicted molar refractivity (Wildman–Crippen MR) is 113 cm³/mol. The number of hydrogen-bond donors (Lipinski definition) is 1. The minimum absolute atomic E-state index is 0.0325. The summed E-state index contributed by atoms with van der Waals surface area (Å²) in [5.41, 5.74) is 4.07. The molecule has 0 saturated carbocycles. The van der Waals surface area contributed by atoms with Crippen LogP contribution in [0.3, 0.4) is 0 Å². The van der Waals surface area contributed by atoms with Crippen molar-refractivity contribution in [3.8, 4) is 11.1 Å². The van der Waals surface area contributed by atoms with Crippen LogP contribution in [0.15, 0.2) is 60.2 Å². The third-order valence-corrected chi connectivity index (χ3v) is 5.46. The summed E-state index contributed by atoms with van der Waals surface area (Å²) in [6.07, 6.45) is 1.50. The quantitative estimate of drug-likeness (QED) is 0.327. The van der Waals surface area contributed by atoms with Gasteiger partial charge in [-0.1, -0.05) is 44.2 Å². The molecule has 0 aliphatic heterocycles. The second-order valence-electron chi connectivity index (χ2n) is 6.76. The molecule has 2 heterocycles. The maximum absolute atomic E-state index is 11.0. The average Bonchev–Trinajstić information content (AvgIpc) is 3.13. The first kappa shape index (κ1) is 18.1. The zero-order valence-electron chi connectivity index (χ0n) is 15.4. The second-order valence-corrected chi connectivity index (χ2v) is 7.62. The molecule has 28 heavy (non-hydrogen) atoms. The van der Waals surface area contributed by atoms with E-state index >= 15 is 0 Å². The van der Waals surface area contributed by atoms with E-state index in [2.05, 4.69) is 58.8 Å². The summed E-state index contributed by atoms with van der Waals surface area (Å²) < 4.78 is 0. The van der Waals surface area contributed by atoms with Crippen LogP contribution >= 0.6 is 11.3 Å². The van der Waals surface area contributed by atoms with Gasteiger partial charge >= 0.3 is 0 Å². The number of thiophene rings is 1. The topological polar surface area (TPSA) is 81.0 Å². The molecule has 6 nitrogen and oxygen atoms in total. The number of benzene rings is 2. The lowest BCUT2D eigenvalue weighted by atomic mass is 9.99. The van der Waals surface area contributed by atoms with E-state index < -0.39 is 4.92 Å². The third kappa shape index (κ3) is 3.44. The summed E-state index contributed by atoms with van der Waals surface area (Å²) in [5.74, 6) is 1.11. The molecule has 0 fully saturated rings. The molecule has 0 atom stereocenters. The molecule has 0 amide bonds. The average molecular weight is 390 g/mol. The van der Waals surface area contributed by atoms with E-state index in [1.165, 1.54) is 24.0 Å². The van der Waals surface area contributed by atoms with Crippen LogP contribution < -0.4 is 5.32 Å². The van der Waals surface area contributed by atoms with Gasteiger partial charge in [-0.05, 0) is 23.1 Å². The van der Waals surface area contributed by atoms with E-state index in [1.54, 1.807) is 23.5 Å². The molecule has 2 aromatic carbocycles. The van der Waals surface area contributed by atoms with Crippen molar-refractivity contribution in [3.63, 3.8) is 0 Å². The van der Waals surface area contributed by atoms with Crippen molar-refractivity contribution in [2.24, 2.45) is 0 Å². The molecular weight excluding hydrogens is 372 g/mol. The van der Waals surface area contributed by atoms with Crippen LogP contribution in [-0.2, 0) is 0 Å². The molecule has 0 aliphatic rings. The fourth-order valence-electron chi connectivity index (χ4n) is 3.06. The molecule has 4 aromatic rings. The Kier molecular flexibility index (Phi) is 4.75. The predicted octanol–water partition coefficient (Wildman–Crippen LogP) is 6.13. The van der Waals surface area contributed by atoms with Crippen LogP contribution in [0.25, 0.3) is 21.3 Å². The van der Waals surface area contributed by atoms with Crippen molar-refractivity contribution < 1.29 is 4.92 Å². The van der Waals surface area contributed by atoms with Gasteiger partial charge in [-0.25, -0.2) is 9.97 Å². The highest BCUT2D eigenvalue weighted by Gasteiger charge is 2.14. The van der Waals surface area contributed by atoms with Crippen LogP contribution in [0.2, 0.25) is 0 Å². The monoisotopic (exact) mass is 390 g/mol. The number of anilines is 2. The highest BCUT2D eigenvalue weighted by molar-refractivity contribution is 7.17. The van der Waals surface area contributed by atoms with Gasteiger partial charge in [-0.3, -0.25) is 10.1 Å². The van der Waals surface area contributed by atoms with Crippen molar-refractivity contribution in [1.82, 2.24) is 9.97 Å². The molecule has 1 N–H and O–H groups in total. The van der Waals surface area contributed by atoms with Crippen LogP contribution in [-0.4, -0.2) is 14.9 Å². The minimum atomic E-state index is -0.410. The summed E-state index contributed by atoms with van der Waals surface area (Å²) in [7, 11) is 0. The summed E-state index contributed by atoms with van der Waals surface area (Å²) in [6, 6.07) is 14.9. The number of nitrogens with zero attached hydrogens (tertiary/aromatic N) is 3. The first-order chi connectivity index (χ1) is 13.5. The molecule has 0 spiro atoms. The molecule has 2 aromatic heterocycles. The SMILES string of the molecule is CC(C)c1ccc(-c2csc3ncnc(Nc4cccc([N+](=O)[O-])c4)c23)cc1. The Bertz CT molecular complexity index is 1150. The Hall–Kier alpha value is -3.32. The number of nitro groups is 1. The number of non-ortho nitro benzene ring substituents is 1. The molecule has 140 valence electrons. The van der Waals surface area contributed by atoms with Gasteiger partial charge in [-0.2, -0.15) is 0 Å². The Balaban J connectivity index is 1.77. The van der Waals surface area contributed by atoms with Crippen molar-refractivity contribution in [2.75, 3.05) is 5.32 Å². The van der Waals surface area contributed by atoms with E-state index in [0.29, 0.717) is 17.4 Å². The standard InChI is InChI=1S/C21H18N4O2S/c1-13(2)14-6-8-15(9-7-14)18-11-28-21-19(18)20(22-12-23-21)24-16-4-3-5-17(10-16)25(26)27/h3-13H,1-2H3,(H,22,23,24). The summed E-state index contributed by atoms with van der Waals surface area (Å²) in [4.78, 5) is 20.3. The van der Waals surface area contributed by atoms with Crippen molar-refractivity contribution in [1.29, 1.82) is 0 Å². The molecule has 0 bridgehead atoms. The van der Waals surface area contributed by atoms with Crippen molar-refractivity contribution in [3.05, 3.63) is 75.9 Å². The fraction of sp³-hybridized carbons (Fsp3) is 0.143. The van der Waals surface area contributed by atoms with Crippen LogP contribution in [0, 0.1) is 10.1 Å². The molecular formula is C21H18N4O2S. The number of aromatic nitrogens is 2. The summed E-state index contributed by atoms with van der Waals surface area (Å²) in [5, 5.41) is 17.2.